The molecular weight excluding hydrogens is 164 g/mol. The summed E-state index contributed by atoms with van der Waals surface area (Å²) in [4.78, 5) is 11.8. The summed E-state index contributed by atoms with van der Waals surface area (Å²) in [7, 11) is 0. The second-order valence-electron chi connectivity index (χ2n) is 4.55. The van der Waals surface area contributed by atoms with Gasteiger partial charge in [0, 0.05) is 12.0 Å². The summed E-state index contributed by atoms with van der Waals surface area (Å²) in [5, 5.41) is 0. The lowest BCUT2D eigenvalue weighted by molar-refractivity contribution is -0.159. The number of carbonyl (C=O) groups is 1. The number of hydrogen-bond donors (Lipinski definition) is 0. The van der Waals surface area contributed by atoms with Crippen LogP contribution in [0.1, 0.15) is 33.1 Å². The predicted molar refractivity (Wildman–Crippen MR) is 50.5 cm³/mol. The average Bonchev–Trinajstić information content (AvgIpc) is 2.33. The Bertz CT molecular complexity index is 257. The fourth-order valence-electron chi connectivity index (χ4n) is 2.37. The van der Waals surface area contributed by atoms with Gasteiger partial charge in [-0.15, -0.1) is 0 Å². The van der Waals surface area contributed by atoms with Gasteiger partial charge in [0.2, 0.25) is 0 Å². The molecule has 0 radical (unpaired) electrons. The molecule has 2 nitrogen and oxygen atoms in total. The van der Waals surface area contributed by atoms with Crippen molar-refractivity contribution in [2.24, 2.45) is 5.41 Å². The first-order valence-electron chi connectivity index (χ1n) is 4.96. The topological polar surface area (TPSA) is 26.3 Å². The van der Waals surface area contributed by atoms with E-state index in [4.69, 9.17) is 4.74 Å². The Balaban J connectivity index is 2.33. The molecule has 0 saturated carbocycles. The highest BCUT2D eigenvalue weighted by atomic mass is 16.5. The van der Waals surface area contributed by atoms with Crippen LogP contribution in [0.5, 0.6) is 0 Å². The van der Waals surface area contributed by atoms with Crippen molar-refractivity contribution in [1.29, 1.82) is 0 Å². The molecule has 0 aromatic heterocycles. The largest absolute Gasteiger partial charge is 0.366 e. The van der Waals surface area contributed by atoms with Crippen LogP contribution in [-0.2, 0) is 9.53 Å². The van der Waals surface area contributed by atoms with Gasteiger partial charge in [-0.2, -0.15) is 0 Å². The molecule has 13 heavy (non-hydrogen) atoms. The van der Waals surface area contributed by atoms with Crippen molar-refractivity contribution in [3.63, 3.8) is 0 Å². The van der Waals surface area contributed by atoms with Crippen molar-refractivity contribution in [3.8, 4) is 0 Å². The Kier molecular flexibility index (Phi) is 1.84. The average molecular weight is 180 g/mol. The maximum Gasteiger partial charge on any atom is 0.188 e. The normalized spacial score (nSPS) is 37.2. The van der Waals surface area contributed by atoms with Gasteiger partial charge in [0.25, 0.3) is 0 Å². The molecular formula is C11H16O2. The summed E-state index contributed by atoms with van der Waals surface area (Å²) < 4.78 is 5.74. The summed E-state index contributed by atoms with van der Waals surface area (Å²) >= 11 is 0. The molecule has 0 N–H and O–H groups in total. The van der Waals surface area contributed by atoms with E-state index < -0.39 is 5.60 Å². The van der Waals surface area contributed by atoms with E-state index in [2.05, 4.69) is 13.8 Å². The van der Waals surface area contributed by atoms with Crippen molar-refractivity contribution in [3.05, 3.63) is 12.2 Å². The molecule has 0 aromatic rings. The number of rotatable bonds is 0. The summed E-state index contributed by atoms with van der Waals surface area (Å²) in [5.74, 6) is 0.164. The standard InChI is InChI=1S/C11H16O2/c1-10(2)7-5-9(12)11(10)6-3-4-8-13-11/h5,7H,3-4,6,8H2,1-2H3/t11-/m0/s1. The number of ether oxygens (including phenoxy) is 1. The van der Waals surface area contributed by atoms with Crippen LogP contribution in [0.3, 0.4) is 0 Å². The molecule has 1 aliphatic carbocycles. The minimum Gasteiger partial charge on any atom is -0.366 e. The summed E-state index contributed by atoms with van der Waals surface area (Å²) in [6, 6.07) is 0. The van der Waals surface area contributed by atoms with Gasteiger partial charge in [0.15, 0.2) is 5.78 Å². The zero-order valence-corrected chi connectivity index (χ0v) is 8.30. The third kappa shape index (κ3) is 1.08. The van der Waals surface area contributed by atoms with Crippen molar-refractivity contribution in [2.75, 3.05) is 6.61 Å². The van der Waals surface area contributed by atoms with Crippen molar-refractivity contribution in [1.82, 2.24) is 0 Å². The molecule has 1 fully saturated rings. The van der Waals surface area contributed by atoms with Crippen molar-refractivity contribution in [2.45, 2.75) is 38.7 Å². The molecule has 1 saturated heterocycles. The van der Waals surface area contributed by atoms with E-state index >= 15 is 0 Å². The molecule has 0 unspecified atom stereocenters. The second kappa shape index (κ2) is 2.68. The Morgan fingerprint density at radius 1 is 1.38 bits per heavy atom. The zero-order chi connectivity index (χ0) is 9.53. The Labute approximate surface area is 79.0 Å². The summed E-state index contributed by atoms with van der Waals surface area (Å²) in [5.41, 5.74) is -0.643. The Hall–Kier alpha value is -0.630. The van der Waals surface area contributed by atoms with Crippen LogP contribution < -0.4 is 0 Å². The minimum absolute atomic E-state index is 0.121. The van der Waals surface area contributed by atoms with E-state index in [1.54, 1.807) is 6.08 Å². The van der Waals surface area contributed by atoms with Crippen LogP contribution in [0.4, 0.5) is 0 Å². The molecule has 0 aromatic carbocycles. The van der Waals surface area contributed by atoms with E-state index in [-0.39, 0.29) is 11.2 Å². The highest BCUT2D eigenvalue weighted by Gasteiger charge is 2.53. The number of hydrogen-bond acceptors (Lipinski definition) is 2. The third-order valence-corrected chi connectivity index (χ3v) is 3.36. The monoisotopic (exact) mass is 180 g/mol. The molecule has 0 amide bonds. The Morgan fingerprint density at radius 3 is 2.62 bits per heavy atom. The van der Waals surface area contributed by atoms with Crippen molar-refractivity contribution >= 4 is 5.78 Å². The molecule has 1 spiro atoms. The maximum absolute atomic E-state index is 11.8. The number of carbonyl (C=O) groups excluding carboxylic acids is 1. The third-order valence-electron chi connectivity index (χ3n) is 3.36. The summed E-state index contributed by atoms with van der Waals surface area (Å²) in [6.45, 7) is 4.90. The van der Waals surface area contributed by atoms with E-state index in [1.807, 2.05) is 6.08 Å². The first kappa shape index (κ1) is 8.95. The molecule has 1 aliphatic heterocycles. The van der Waals surface area contributed by atoms with Crippen LogP contribution >= 0.6 is 0 Å². The highest BCUT2D eigenvalue weighted by molar-refractivity contribution is 6.01. The van der Waals surface area contributed by atoms with E-state index in [0.717, 1.165) is 25.9 Å². The SMILES string of the molecule is CC1(C)C=CC(=O)[C@@]12CCCCO2. The maximum atomic E-state index is 11.8. The van der Waals surface area contributed by atoms with Gasteiger partial charge >= 0.3 is 0 Å². The first-order chi connectivity index (χ1) is 6.08. The molecule has 1 heterocycles. The first-order valence-corrected chi connectivity index (χ1v) is 4.96. The minimum atomic E-state index is -0.523. The zero-order valence-electron chi connectivity index (χ0n) is 8.30. The van der Waals surface area contributed by atoms with Crippen LogP contribution in [0.15, 0.2) is 12.2 Å². The molecule has 2 rings (SSSR count). The predicted octanol–water partition coefficient (Wildman–Crippen LogP) is 2.09. The Morgan fingerprint density at radius 2 is 2.15 bits per heavy atom. The molecule has 1 atom stereocenters. The highest BCUT2D eigenvalue weighted by Crippen LogP contribution is 2.46. The molecule has 2 aliphatic rings. The molecule has 2 heteroatoms. The second-order valence-corrected chi connectivity index (χ2v) is 4.55. The van der Waals surface area contributed by atoms with E-state index in [1.165, 1.54) is 0 Å². The fraction of sp³-hybridized carbons (Fsp3) is 0.727. The lowest BCUT2D eigenvalue weighted by Crippen LogP contribution is -2.50. The van der Waals surface area contributed by atoms with Crippen LogP contribution in [0.2, 0.25) is 0 Å². The number of ketones is 1. The van der Waals surface area contributed by atoms with Gasteiger partial charge in [-0.25, -0.2) is 0 Å². The van der Waals surface area contributed by atoms with Crippen LogP contribution in [0.25, 0.3) is 0 Å². The lowest BCUT2D eigenvalue weighted by Gasteiger charge is -2.42. The lowest BCUT2D eigenvalue weighted by atomic mass is 9.73. The van der Waals surface area contributed by atoms with Crippen LogP contribution in [-0.4, -0.2) is 18.0 Å². The summed E-state index contributed by atoms with van der Waals surface area (Å²) in [6.07, 6.45) is 6.75. The van der Waals surface area contributed by atoms with Gasteiger partial charge < -0.3 is 4.74 Å². The quantitative estimate of drug-likeness (QED) is 0.570. The smallest absolute Gasteiger partial charge is 0.188 e. The van der Waals surface area contributed by atoms with Gasteiger partial charge in [0.1, 0.15) is 5.60 Å². The van der Waals surface area contributed by atoms with E-state index in [0.29, 0.717) is 0 Å². The fourth-order valence-corrected chi connectivity index (χ4v) is 2.37. The van der Waals surface area contributed by atoms with Gasteiger partial charge in [-0.3, -0.25) is 4.79 Å². The van der Waals surface area contributed by atoms with Crippen LogP contribution in [0, 0.1) is 5.41 Å². The van der Waals surface area contributed by atoms with Gasteiger partial charge in [-0.05, 0) is 25.3 Å². The van der Waals surface area contributed by atoms with Gasteiger partial charge in [0.05, 0.1) is 0 Å². The van der Waals surface area contributed by atoms with Crippen molar-refractivity contribution < 1.29 is 9.53 Å². The molecule has 0 bridgehead atoms. The van der Waals surface area contributed by atoms with E-state index in [9.17, 15) is 4.79 Å². The van der Waals surface area contributed by atoms with Gasteiger partial charge in [-0.1, -0.05) is 19.9 Å². The molecule has 72 valence electrons.